The maximum atomic E-state index is 12.7. The Morgan fingerprint density at radius 1 is 1.10 bits per heavy atom. The number of fused-ring (bicyclic) bond motifs is 1. The Balaban J connectivity index is 1.36. The largest absolute Gasteiger partial charge is 0.448 e. The lowest BCUT2D eigenvalue weighted by Gasteiger charge is -2.19. The lowest BCUT2D eigenvalue weighted by atomic mass is 9.98. The van der Waals surface area contributed by atoms with E-state index in [-0.39, 0.29) is 18.1 Å². The predicted octanol–water partition coefficient (Wildman–Crippen LogP) is 3.57. The molecule has 1 fully saturated rings. The van der Waals surface area contributed by atoms with Gasteiger partial charge in [0, 0.05) is 29.3 Å². The molecule has 4 aromatic rings. The number of ketones is 1. The van der Waals surface area contributed by atoms with Gasteiger partial charge in [-0.1, -0.05) is 12.1 Å². The van der Waals surface area contributed by atoms with Crippen LogP contribution in [0, 0.1) is 0 Å². The fourth-order valence-corrected chi connectivity index (χ4v) is 3.81. The van der Waals surface area contributed by atoms with Crippen LogP contribution in [-0.2, 0) is 6.42 Å². The van der Waals surface area contributed by atoms with Crippen molar-refractivity contribution in [3.63, 3.8) is 0 Å². The average Bonchev–Trinajstić information content (AvgIpc) is 3.30. The molecule has 0 atom stereocenters. The first-order valence-corrected chi connectivity index (χ1v) is 10.1. The number of rotatable bonds is 5. The van der Waals surface area contributed by atoms with Gasteiger partial charge in [-0.05, 0) is 55.8 Å². The summed E-state index contributed by atoms with van der Waals surface area (Å²) in [6.07, 6.45) is 7.13. The third-order valence-electron chi connectivity index (χ3n) is 5.47. The number of nitrogens with one attached hydrogen (secondary N) is 1. The molecule has 0 radical (unpaired) electrons. The topological polar surface area (TPSA) is 93.8 Å². The molecular formula is C23H21N5O2. The van der Waals surface area contributed by atoms with E-state index in [4.69, 9.17) is 4.42 Å². The van der Waals surface area contributed by atoms with Crippen molar-refractivity contribution in [2.75, 3.05) is 13.1 Å². The molecule has 3 aromatic heterocycles. The van der Waals surface area contributed by atoms with E-state index in [0.29, 0.717) is 17.3 Å². The maximum absolute atomic E-state index is 12.7. The summed E-state index contributed by atoms with van der Waals surface area (Å²) in [4.78, 5) is 21.3. The SMILES string of the molecule is O=C(Cc1cc2cc(-c3cccnc3)ccc2nn1)c1coc(C2CCNCC2)n1. The van der Waals surface area contributed by atoms with Gasteiger partial charge < -0.3 is 9.73 Å². The second-order valence-corrected chi connectivity index (χ2v) is 7.55. The molecule has 0 amide bonds. The summed E-state index contributed by atoms with van der Waals surface area (Å²) in [5, 5.41) is 12.7. The molecule has 1 aliphatic rings. The summed E-state index contributed by atoms with van der Waals surface area (Å²) in [7, 11) is 0. The van der Waals surface area contributed by atoms with Gasteiger partial charge >= 0.3 is 0 Å². The van der Waals surface area contributed by atoms with Crippen molar-refractivity contribution >= 4 is 16.7 Å². The van der Waals surface area contributed by atoms with E-state index in [2.05, 4.69) is 25.5 Å². The minimum Gasteiger partial charge on any atom is -0.448 e. The number of piperidine rings is 1. The quantitative estimate of drug-likeness (QED) is 0.513. The summed E-state index contributed by atoms with van der Waals surface area (Å²) in [6.45, 7) is 1.90. The molecule has 0 saturated carbocycles. The van der Waals surface area contributed by atoms with Crippen molar-refractivity contribution < 1.29 is 9.21 Å². The average molecular weight is 399 g/mol. The first-order chi connectivity index (χ1) is 14.8. The highest BCUT2D eigenvalue weighted by Crippen LogP contribution is 2.25. The smallest absolute Gasteiger partial charge is 0.197 e. The zero-order valence-electron chi connectivity index (χ0n) is 16.4. The molecule has 7 nitrogen and oxygen atoms in total. The molecule has 0 spiro atoms. The van der Waals surface area contributed by atoms with Crippen LogP contribution in [0.25, 0.3) is 22.0 Å². The van der Waals surface area contributed by atoms with Gasteiger partial charge in [0.05, 0.1) is 17.6 Å². The lowest BCUT2D eigenvalue weighted by molar-refractivity contribution is 0.0987. The summed E-state index contributed by atoms with van der Waals surface area (Å²) < 4.78 is 5.60. The van der Waals surface area contributed by atoms with E-state index in [1.54, 1.807) is 6.20 Å². The minimum absolute atomic E-state index is 0.115. The molecule has 1 aliphatic heterocycles. The number of Topliss-reactive ketones (excluding diaryl/α,β-unsaturated/α-hetero) is 1. The summed E-state index contributed by atoms with van der Waals surface area (Å²) >= 11 is 0. The Kier molecular flexibility index (Phi) is 5.03. The Morgan fingerprint density at radius 3 is 2.83 bits per heavy atom. The van der Waals surface area contributed by atoms with Crippen LogP contribution in [0.4, 0.5) is 0 Å². The van der Waals surface area contributed by atoms with Gasteiger partial charge in [-0.15, -0.1) is 0 Å². The molecular weight excluding hydrogens is 378 g/mol. The van der Waals surface area contributed by atoms with Gasteiger partial charge in [0.25, 0.3) is 0 Å². The summed E-state index contributed by atoms with van der Waals surface area (Å²) in [6, 6.07) is 11.8. The molecule has 1 saturated heterocycles. The van der Waals surface area contributed by atoms with Crippen LogP contribution in [0.3, 0.4) is 0 Å². The number of oxazole rings is 1. The van der Waals surface area contributed by atoms with E-state index in [0.717, 1.165) is 48.0 Å². The fraction of sp³-hybridized carbons (Fsp3) is 0.261. The lowest BCUT2D eigenvalue weighted by Crippen LogP contribution is -2.26. The van der Waals surface area contributed by atoms with E-state index in [1.165, 1.54) is 6.26 Å². The van der Waals surface area contributed by atoms with Crippen molar-refractivity contribution in [2.24, 2.45) is 0 Å². The second-order valence-electron chi connectivity index (χ2n) is 7.55. The zero-order valence-corrected chi connectivity index (χ0v) is 16.4. The number of hydrogen-bond donors (Lipinski definition) is 1. The Hall–Kier alpha value is -3.45. The van der Waals surface area contributed by atoms with Crippen LogP contribution in [0.5, 0.6) is 0 Å². The van der Waals surface area contributed by atoms with Gasteiger partial charge in [0.2, 0.25) is 0 Å². The molecule has 0 bridgehead atoms. The maximum Gasteiger partial charge on any atom is 0.197 e. The van der Waals surface area contributed by atoms with Crippen LogP contribution < -0.4 is 5.32 Å². The number of benzene rings is 1. The normalized spacial score (nSPS) is 14.8. The summed E-state index contributed by atoms with van der Waals surface area (Å²) in [5.74, 6) is 0.820. The minimum atomic E-state index is -0.115. The van der Waals surface area contributed by atoms with Crippen LogP contribution >= 0.6 is 0 Å². The number of carbonyl (C=O) groups excluding carboxylic acids is 1. The fourth-order valence-electron chi connectivity index (χ4n) is 3.81. The van der Waals surface area contributed by atoms with Crippen LogP contribution in [0.2, 0.25) is 0 Å². The number of hydrogen-bond acceptors (Lipinski definition) is 7. The third-order valence-corrected chi connectivity index (χ3v) is 5.47. The van der Waals surface area contributed by atoms with Gasteiger partial charge in [-0.25, -0.2) is 4.98 Å². The van der Waals surface area contributed by atoms with Crippen LogP contribution in [-0.4, -0.2) is 39.0 Å². The van der Waals surface area contributed by atoms with E-state index in [1.807, 2.05) is 42.6 Å². The third kappa shape index (κ3) is 3.84. The number of aromatic nitrogens is 4. The molecule has 4 heterocycles. The highest BCUT2D eigenvalue weighted by Gasteiger charge is 2.22. The first kappa shape index (κ1) is 18.6. The Morgan fingerprint density at radius 2 is 2.00 bits per heavy atom. The van der Waals surface area contributed by atoms with Crippen LogP contribution in [0.15, 0.2) is 59.5 Å². The molecule has 0 unspecified atom stereocenters. The Labute approximate surface area is 173 Å². The van der Waals surface area contributed by atoms with Gasteiger partial charge in [0.1, 0.15) is 12.0 Å². The number of nitrogens with zero attached hydrogens (tertiary/aromatic N) is 4. The van der Waals surface area contributed by atoms with Crippen molar-refractivity contribution in [2.45, 2.75) is 25.2 Å². The second kappa shape index (κ2) is 8.12. The molecule has 5 rings (SSSR count). The monoisotopic (exact) mass is 399 g/mol. The molecule has 1 aromatic carbocycles. The molecule has 1 N–H and O–H groups in total. The standard InChI is InChI=1S/C23H21N5O2/c29-22(21-14-30-23(26-21)15-5-8-24-9-6-15)12-19-11-18-10-16(3-4-20(18)28-27-19)17-2-1-7-25-13-17/h1-4,7,10-11,13-15,24H,5-6,8-9,12H2. The highest BCUT2D eigenvalue weighted by atomic mass is 16.3. The van der Waals surface area contributed by atoms with Crippen molar-refractivity contribution in [1.29, 1.82) is 0 Å². The van der Waals surface area contributed by atoms with Gasteiger partial charge in [-0.3, -0.25) is 9.78 Å². The van der Waals surface area contributed by atoms with E-state index < -0.39 is 0 Å². The number of carbonyl (C=O) groups is 1. The Bertz CT molecular complexity index is 1180. The molecule has 0 aliphatic carbocycles. The molecule has 150 valence electrons. The molecule has 7 heteroatoms. The summed E-state index contributed by atoms with van der Waals surface area (Å²) in [5.41, 5.74) is 3.83. The highest BCUT2D eigenvalue weighted by molar-refractivity contribution is 5.95. The predicted molar refractivity (Wildman–Crippen MR) is 112 cm³/mol. The number of pyridine rings is 1. The van der Waals surface area contributed by atoms with Crippen molar-refractivity contribution in [3.8, 4) is 11.1 Å². The zero-order chi connectivity index (χ0) is 20.3. The van der Waals surface area contributed by atoms with Crippen molar-refractivity contribution in [1.82, 2.24) is 25.5 Å². The van der Waals surface area contributed by atoms with Gasteiger partial charge in [0.15, 0.2) is 11.7 Å². The molecule has 30 heavy (non-hydrogen) atoms. The van der Waals surface area contributed by atoms with Crippen LogP contribution in [0.1, 0.15) is 40.8 Å². The van der Waals surface area contributed by atoms with Crippen molar-refractivity contribution in [3.05, 3.63) is 72.3 Å². The van der Waals surface area contributed by atoms with E-state index in [9.17, 15) is 4.79 Å². The van der Waals surface area contributed by atoms with Gasteiger partial charge in [-0.2, -0.15) is 10.2 Å². The first-order valence-electron chi connectivity index (χ1n) is 10.1. The van der Waals surface area contributed by atoms with E-state index >= 15 is 0 Å².